The Balaban J connectivity index is 1.38. The van der Waals surface area contributed by atoms with Crippen molar-refractivity contribution in [3.63, 3.8) is 0 Å². The van der Waals surface area contributed by atoms with Crippen LogP contribution in [0.3, 0.4) is 0 Å². The topological polar surface area (TPSA) is 97.3 Å². The van der Waals surface area contributed by atoms with Gasteiger partial charge in [-0.3, -0.25) is 0 Å². The van der Waals surface area contributed by atoms with Gasteiger partial charge in [-0.05, 0) is 31.2 Å². The van der Waals surface area contributed by atoms with E-state index in [0.717, 1.165) is 15.5 Å². The summed E-state index contributed by atoms with van der Waals surface area (Å²) in [5.74, 6) is 1.70. The zero-order valence-electron chi connectivity index (χ0n) is 14.8. The Kier molecular flexibility index (Phi) is 5.45. The molecule has 0 aliphatic carbocycles. The third kappa shape index (κ3) is 4.44. The number of aromatic hydroxyl groups is 1. The molecular formula is C19H15N5O2S2. The van der Waals surface area contributed by atoms with E-state index in [2.05, 4.69) is 25.4 Å². The van der Waals surface area contributed by atoms with Gasteiger partial charge in [0.25, 0.3) is 0 Å². The Morgan fingerprint density at radius 3 is 2.86 bits per heavy atom. The molecule has 2 heterocycles. The standard InChI is InChI=1S/C19H15N5O2S2/c1-12-5-4-7-13(9-12)17-22-21-16(26-17)11-27-19-24-23-18(28-19)20-10-14-6-2-3-8-15(14)25/h2-10,25H,11H2,1H3/b20-10+. The summed E-state index contributed by atoms with van der Waals surface area (Å²) in [5, 5.41) is 26.6. The van der Waals surface area contributed by atoms with Gasteiger partial charge < -0.3 is 9.52 Å². The van der Waals surface area contributed by atoms with Crippen molar-refractivity contribution in [3.05, 3.63) is 65.5 Å². The average Bonchev–Trinajstić information content (AvgIpc) is 3.35. The molecule has 28 heavy (non-hydrogen) atoms. The molecule has 0 aliphatic rings. The fourth-order valence-corrected chi connectivity index (χ4v) is 3.89. The predicted molar refractivity (Wildman–Crippen MR) is 109 cm³/mol. The molecular weight excluding hydrogens is 394 g/mol. The number of aryl methyl sites for hydroxylation is 1. The normalized spacial score (nSPS) is 11.3. The highest BCUT2D eigenvalue weighted by Crippen LogP contribution is 2.30. The van der Waals surface area contributed by atoms with Gasteiger partial charge in [0.05, 0.1) is 5.75 Å². The molecule has 2 aromatic heterocycles. The van der Waals surface area contributed by atoms with Gasteiger partial charge in [-0.15, -0.1) is 20.4 Å². The third-order valence-electron chi connectivity index (χ3n) is 3.70. The molecule has 2 aromatic carbocycles. The Labute approximate surface area is 169 Å². The maximum absolute atomic E-state index is 9.75. The molecule has 0 amide bonds. The number of nitrogens with zero attached hydrogens (tertiary/aromatic N) is 5. The van der Waals surface area contributed by atoms with Crippen molar-refractivity contribution in [2.24, 2.45) is 4.99 Å². The summed E-state index contributed by atoms with van der Waals surface area (Å²) in [6.45, 7) is 2.02. The molecule has 0 fully saturated rings. The molecule has 140 valence electrons. The number of benzene rings is 2. The molecule has 0 unspecified atom stereocenters. The molecule has 0 saturated carbocycles. The maximum Gasteiger partial charge on any atom is 0.247 e. The number of para-hydroxylation sites is 1. The first-order valence-corrected chi connectivity index (χ1v) is 10.2. The Hall–Kier alpha value is -3.04. The van der Waals surface area contributed by atoms with E-state index < -0.39 is 0 Å². The lowest BCUT2D eigenvalue weighted by atomic mass is 10.1. The first-order valence-electron chi connectivity index (χ1n) is 8.35. The summed E-state index contributed by atoms with van der Waals surface area (Å²) in [5.41, 5.74) is 2.67. The predicted octanol–water partition coefficient (Wildman–Crippen LogP) is 4.65. The smallest absolute Gasteiger partial charge is 0.247 e. The first-order chi connectivity index (χ1) is 13.7. The minimum Gasteiger partial charge on any atom is -0.507 e. The van der Waals surface area contributed by atoms with Crippen LogP contribution in [0.15, 0.2) is 62.3 Å². The summed E-state index contributed by atoms with van der Waals surface area (Å²) in [4.78, 5) is 4.26. The highest BCUT2D eigenvalue weighted by Gasteiger charge is 2.11. The quantitative estimate of drug-likeness (QED) is 0.366. The van der Waals surface area contributed by atoms with E-state index in [4.69, 9.17) is 4.42 Å². The summed E-state index contributed by atoms with van der Waals surface area (Å²) in [7, 11) is 0. The minimum absolute atomic E-state index is 0.172. The molecule has 9 heteroatoms. The summed E-state index contributed by atoms with van der Waals surface area (Å²) in [6, 6.07) is 14.9. The lowest BCUT2D eigenvalue weighted by Gasteiger charge is -1.96. The second-order valence-electron chi connectivity index (χ2n) is 5.83. The average molecular weight is 409 g/mol. The lowest BCUT2D eigenvalue weighted by molar-refractivity contribution is 0.474. The Morgan fingerprint density at radius 2 is 2.00 bits per heavy atom. The van der Waals surface area contributed by atoms with Crippen LogP contribution in [-0.4, -0.2) is 31.7 Å². The largest absolute Gasteiger partial charge is 0.507 e. The van der Waals surface area contributed by atoms with Crippen molar-refractivity contribution in [1.82, 2.24) is 20.4 Å². The monoisotopic (exact) mass is 409 g/mol. The Bertz CT molecular complexity index is 1120. The number of aliphatic imine (C=N–C) groups is 1. The van der Waals surface area contributed by atoms with E-state index in [0.29, 0.717) is 28.2 Å². The maximum atomic E-state index is 9.75. The minimum atomic E-state index is 0.172. The molecule has 1 N–H and O–H groups in total. The molecule has 0 bridgehead atoms. The second-order valence-corrected chi connectivity index (χ2v) is 8.01. The van der Waals surface area contributed by atoms with Crippen LogP contribution in [-0.2, 0) is 5.75 Å². The molecule has 0 aliphatic heterocycles. The molecule has 4 rings (SSSR count). The van der Waals surface area contributed by atoms with Crippen LogP contribution in [0.2, 0.25) is 0 Å². The lowest BCUT2D eigenvalue weighted by Crippen LogP contribution is -1.80. The van der Waals surface area contributed by atoms with Crippen LogP contribution in [0.25, 0.3) is 11.5 Å². The van der Waals surface area contributed by atoms with Gasteiger partial charge in [0.15, 0.2) is 4.34 Å². The van der Waals surface area contributed by atoms with Crippen molar-refractivity contribution < 1.29 is 9.52 Å². The molecule has 0 atom stereocenters. The number of phenolic OH excluding ortho intramolecular Hbond substituents is 1. The van der Waals surface area contributed by atoms with Crippen LogP contribution < -0.4 is 0 Å². The van der Waals surface area contributed by atoms with Crippen molar-refractivity contribution in [1.29, 1.82) is 0 Å². The fourth-order valence-electron chi connectivity index (χ4n) is 2.36. The number of aromatic nitrogens is 4. The van der Waals surface area contributed by atoms with Crippen LogP contribution in [0.5, 0.6) is 5.75 Å². The molecule has 4 aromatic rings. The van der Waals surface area contributed by atoms with Crippen LogP contribution in [0, 0.1) is 6.92 Å². The van der Waals surface area contributed by atoms with Crippen molar-refractivity contribution >= 4 is 34.4 Å². The molecule has 0 saturated heterocycles. The van der Waals surface area contributed by atoms with E-state index in [1.165, 1.54) is 23.1 Å². The van der Waals surface area contributed by atoms with Crippen molar-refractivity contribution in [2.45, 2.75) is 17.0 Å². The SMILES string of the molecule is Cc1cccc(-c2nnc(CSc3nnc(/N=C/c4ccccc4O)s3)o2)c1. The van der Waals surface area contributed by atoms with Gasteiger partial charge in [-0.25, -0.2) is 4.99 Å². The molecule has 7 nitrogen and oxygen atoms in total. The van der Waals surface area contributed by atoms with Crippen molar-refractivity contribution in [3.8, 4) is 17.2 Å². The van der Waals surface area contributed by atoms with Gasteiger partial charge in [0.1, 0.15) is 5.75 Å². The number of rotatable bonds is 6. The summed E-state index contributed by atoms with van der Waals surface area (Å²) in [6.07, 6.45) is 1.57. The number of phenols is 1. The van der Waals surface area contributed by atoms with Gasteiger partial charge in [0.2, 0.25) is 16.9 Å². The van der Waals surface area contributed by atoms with E-state index in [-0.39, 0.29) is 5.75 Å². The van der Waals surface area contributed by atoms with E-state index >= 15 is 0 Å². The number of thioether (sulfide) groups is 1. The molecule has 0 spiro atoms. The van der Waals surface area contributed by atoms with Crippen LogP contribution in [0.4, 0.5) is 5.13 Å². The zero-order chi connectivity index (χ0) is 19.3. The van der Waals surface area contributed by atoms with Gasteiger partial charge >= 0.3 is 0 Å². The van der Waals surface area contributed by atoms with Gasteiger partial charge in [-0.1, -0.05) is 52.9 Å². The molecule has 0 radical (unpaired) electrons. The fraction of sp³-hybridized carbons (Fsp3) is 0.105. The second kappa shape index (κ2) is 8.32. The van der Waals surface area contributed by atoms with Crippen LogP contribution >= 0.6 is 23.1 Å². The van der Waals surface area contributed by atoms with Gasteiger partial charge in [-0.2, -0.15) is 0 Å². The highest BCUT2D eigenvalue weighted by atomic mass is 32.2. The summed E-state index contributed by atoms with van der Waals surface area (Å²) >= 11 is 2.81. The third-order valence-corrected chi connectivity index (χ3v) is 5.65. The van der Waals surface area contributed by atoms with Crippen molar-refractivity contribution in [2.75, 3.05) is 0 Å². The number of hydrogen-bond acceptors (Lipinski definition) is 9. The zero-order valence-corrected chi connectivity index (χ0v) is 16.4. The van der Waals surface area contributed by atoms with E-state index in [1.807, 2.05) is 37.3 Å². The Morgan fingerprint density at radius 1 is 1.11 bits per heavy atom. The number of hydrogen-bond donors (Lipinski definition) is 1. The van der Waals surface area contributed by atoms with E-state index in [1.54, 1.807) is 24.4 Å². The van der Waals surface area contributed by atoms with Crippen LogP contribution in [0.1, 0.15) is 17.0 Å². The highest BCUT2D eigenvalue weighted by molar-refractivity contribution is 8.00. The van der Waals surface area contributed by atoms with Gasteiger partial charge in [0, 0.05) is 17.3 Å². The first kappa shape index (κ1) is 18.3. The summed E-state index contributed by atoms with van der Waals surface area (Å²) < 4.78 is 6.48. The van der Waals surface area contributed by atoms with E-state index in [9.17, 15) is 5.11 Å².